The van der Waals surface area contributed by atoms with Crippen molar-refractivity contribution in [3.8, 4) is 11.1 Å². The molecule has 0 atom stereocenters. The van der Waals surface area contributed by atoms with Crippen molar-refractivity contribution in [2.75, 3.05) is 0 Å². The van der Waals surface area contributed by atoms with E-state index < -0.39 is 0 Å². The number of aromatic nitrogens is 1. The third-order valence-corrected chi connectivity index (χ3v) is 2.32. The van der Waals surface area contributed by atoms with Crippen LogP contribution in [0.2, 0.25) is 0 Å². The maximum atomic E-state index is 10.9. The molecule has 0 fully saturated rings. The Morgan fingerprint density at radius 2 is 2.12 bits per heavy atom. The Balaban J connectivity index is 2.61. The maximum absolute atomic E-state index is 10.9. The molecule has 0 unspecified atom stereocenters. The van der Waals surface area contributed by atoms with Gasteiger partial charge >= 0.3 is 0 Å². The number of pyridine rings is 1. The second-order valence-electron chi connectivity index (χ2n) is 3.52. The lowest BCUT2D eigenvalue weighted by Crippen LogP contribution is -1.93. The van der Waals surface area contributed by atoms with Gasteiger partial charge in [-0.05, 0) is 24.6 Å². The van der Waals surface area contributed by atoms with Crippen LogP contribution in [0.25, 0.3) is 11.1 Å². The zero-order valence-corrected chi connectivity index (χ0v) is 8.75. The zero-order chi connectivity index (χ0) is 11.5. The summed E-state index contributed by atoms with van der Waals surface area (Å²) in [4.78, 5) is 14.5. The topological polar surface area (TPSA) is 56.0 Å². The molecule has 0 spiro atoms. The highest BCUT2D eigenvalue weighted by molar-refractivity contribution is 5.73. The Labute approximate surface area is 92.7 Å². The molecule has 0 bridgehead atoms. The van der Waals surface area contributed by atoms with Gasteiger partial charge in [0.15, 0.2) is 0 Å². The van der Waals surface area contributed by atoms with Crippen LogP contribution in [-0.2, 0) is 0 Å². The van der Waals surface area contributed by atoms with Crippen LogP contribution in [0.5, 0.6) is 0 Å². The van der Waals surface area contributed by atoms with E-state index in [9.17, 15) is 10.1 Å². The molecule has 1 aromatic heterocycles. The molecule has 0 aliphatic heterocycles. The predicted octanol–water partition coefficient (Wildman–Crippen LogP) is 2.97. The Morgan fingerprint density at radius 3 is 2.75 bits per heavy atom. The number of nitro groups is 1. The van der Waals surface area contributed by atoms with Crippen molar-refractivity contribution in [2.45, 2.75) is 6.92 Å². The average molecular weight is 214 g/mol. The minimum atomic E-state index is -0.366. The Bertz CT molecular complexity index is 524. The molecule has 1 heterocycles. The number of hydrogen-bond donors (Lipinski definition) is 0. The molecular weight excluding hydrogens is 204 g/mol. The van der Waals surface area contributed by atoms with Crippen LogP contribution in [-0.4, -0.2) is 9.91 Å². The summed E-state index contributed by atoms with van der Waals surface area (Å²) in [6.07, 6.45) is 3.27. The molecule has 0 aliphatic rings. The van der Waals surface area contributed by atoms with Gasteiger partial charge in [0.1, 0.15) is 0 Å². The lowest BCUT2D eigenvalue weighted by Gasteiger charge is -2.03. The molecule has 0 amide bonds. The van der Waals surface area contributed by atoms with Crippen LogP contribution in [0.4, 0.5) is 5.69 Å². The van der Waals surface area contributed by atoms with Gasteiger partial charge in [-0.2, -0.15) is 0 Å². The summed E-state index contributed by atoms with van der Waals surface area (Å²) in [6.45, 7) is 1.83. The zero-order valence-electron chi connectivity index (χ0n) is 8.75. The highest BCUT2D eigenvalue weighted by Gasteiger charge is 2.14. The van der Waals surface area contributed by atoms with E-state index in [1.807, 2.05) is 19.1 Å². The van der Waals surface area contributed by atoms with Crippen LogP contribution in [0.3, 0.4) is 0 Å². The smallest absolute Gasteiger partial charge is 0.264 e. The van der Waals surface area contributed by atoms with E-state index in [-0.39, 0.29) is 10.6 Å². The van der Waals surface area contributed by atoms with Crippen LogP contribution in [0.1, 0.15) is 5.56 Å². The molecule has 1 aromatic carbocycles. The largest absolute Gasteiger partial charge is 0.277 e. The average Bonchev–Trinajstić information content (AvgIpc) is 2.30. The highest BCUT2D eigenvalue weighted by atomic mass is 16.6. The van der Waals surface area contributed by atoms with Crippen molar-refractivity contribution in [1.29, 1.82) is 0 Å². The first-order valence-electron chi connectivity index (χ1n) is 4.84. The van der Waals surface area contributed by atoms with Crippen LogP contribution in [0, 0.1) is 17.0 Å². The summed E-state index contributed by atoms with van der Waals surface area (Å²) in [6, 6.07) is 8.76. The third kappa shape index (κ3) is 1.91. The molecule has 2 aromatic rings. The maximum Gasteiger partial charge on any atom is 0.277 e. The first kappa shape index (κ1) is 10.3. The van der Waals surface area contributed by atoms with Gasteiger partial charge in [0.2, 0.25) is 0 Å². The number of hydrogen-bond acceptors (Lipinski definition) is 3. The van der Waals surface area contributed by atoms with Crippen molar-refractivity contribution >= 4 is 5.69 Å². The molecule has 80 valence electrons. The van der Waals surface area contributed by atoms with E-state index >= 15 is 0 Å². The van der Waals surface area contributed by atoms with Crippen molar-refractivity contribution in [3.05, 3.63) is 58.4 Å². The second-order valence-corrected chi connectivity index (χ2v) is 3.52. The summed E-state index contributed by atoms with van der Waals surface area (Å²) in [5.41, 5.74) is 2.35. The molecule has 0 N–H and O–H groups in total. The molecular formula is C12H10N2O2. The van der Waals surface area contributed by atoms with Gasteiger partial charge in [-0.25, -0.2) is 0 Å². The Morgan fingerprint density at radius 1 is 1.31 bits per heavy atom. The first-order chi connectivity index (χ1) is 7.68. The minimum Gasteiger partial charge on any atom is -0.264 e. The summed E-state index contributed by atoms with van der Waals surface area (Å²) in [7, 11) is 0. The second kappa shape index (κ2) is 4.10. The molecule has 0 saturated heterocycles. The molecule has 4 nitrogen and oxygen atoms in total. The molecule has 0 radical (unpaired) electrons. The van der Waals surface area contributed by atoms with Gasteiger partial charge in [-0.3, -0.25) is 15.1 Å². The molecule has 4 heteroatoms. The Hall–Kier alpha value is -2.23. The fourth-order valence-corrected chi connectivity index (χ4v) is 1.56. The normalized spacial score (nSPS) is 10.1. The quantitative estimate of drug-likeness (QED) is 0.570. The highest BCUT2D eigenvalue weighted by Crippen LogP contribution is 2.29. The fourth-order valence-electron chi connectivity index (χ4n) is 1.56. The predicted molar refractivity (Wildman–Crippen MR) is 61.1 cm³/mol. The number of benzene rings is 1. The fraction of sp³-hybridized carbons (Fsp3) is 0.0833. The molecule has 2 rings (SSSR count). The first-order valence-corrected chi connectivity index (χ1v) is 4.84. The van der Waals surface area contributed by atoms with Gasteiger partial charge < -0.3 is 0 Å². The van der Waals surface area contributed by atoms with E-state index in [1.165, 1.54) is 0 Å². The van der Waals surface area contributed by atoms with Crippen molar-refractivity contribution in [3.63, 3.8) is 0 Å². The summed E-state index contributed by atoms with van der Waals surface area (Å²) in [5, 5.41) is 10.9. The third-order valence-electron chi connectivity index (χ3n) is 2.32. The van der Waals surface area contributed by atoms with Gasteiger partial charge in [-0.1, -0.05) is 12.1 Å². The molecule has 16 heavy (non-hydrogen) atoms. The summed E-state index contributed by atoms with van der Waals surface area (Å²) in [5.74, 6) is 0. The van der Waals surface area contributed by atoms with E-state index in [0.717, 1.165) is 11.1 Å². The lowest BCUT2D eigenvalue weighted by atomic mass is 10.0. The van der Waals surface area contributed by atoms with E-state index in [1.54, 1.807) is 30.6 Å². The van der Waals surface area contributed by atoms with Crippen molar-refractivity contribution in [2.24, 2.45) is 0 Å². The van der Waals surface area contributed by atoms with Gasteiger partial charge in [0.05, 0.1) is 10.5 Å². The Kier molecular flexibility index (Phi) is 2.64. The number of aryl methyl sites for hydroxylation is 1. The van der Waals surface area contributed by atoms with Crippen LogP contribution >= 0.6 is 0 Å². The monoisotopic (exact) mass is 214 g/mol. The number of rotatable bonds is 2. The summed E-state index contributed by atoms with van der Waals surface area (Å²) < 4.78 is 0. The van der Waals surface area contributed by atoms with Gasteiger partial charge in [-0.15, -0.1) is 0 Å². The standard InChI is InChI=1S/C12H10N2O2/c1-9-4-5-11(12(7-9)14(15)16)10-3-2-6-13-8-10/h2-8H,1H3. The van der Waals surface area contributed by atoms with Crippen molar-refractivity contribution in [1.82, 2.24) is 4.98 Å². The summed E-state index contributed by atoms with van der Waals surface area (Å²) >= 11 is 0. The molecule has 0 aliphatic carbocycles. The van der Waals surface area contributed by atoms with E-state index in [2.05, 4.69) is 4.98 Å². The van der Waals surface area contributed by atoms with Gasteiger partial charge in [0.25, 0.3) is 5.69 Å². The van der Waals surface area contributed by atoms with E-state index in [4.69, 9.17) is 0 Å². The van der Waals surface area contributed by atoms with Gasteiger partial charge in [0, 0.05) is 24.0 Å². The minimum absolute atomic E-state index is 0.119. The van der Waals surface area contributed by atoms with Crippen molar-refractivity contribution < 1.29 is 4.92 Å². The molecule has 0 saturated carbocycles. The number of nitrogens with zero attached hydrogens (tertiary/aromatic N) is 2. The van der Waals surface area contributed by atoms with E-state index in [0.29, 0.717) is 5.56 Å². The SMILES string of the molecule is Cc1ccc(-c2cccnc2)c([N+](=O)[O-])c1. The van der Waals surface area contributed by atoms with Crippen LogP contribution < -0.4 is 0 Å². The van der Waals surface area contributed by atoms with Crippen LogP contribution in [0.15, 0.2) is 42.7 Å². The lowest BCUT2D eigenvalue weighted by molar-refractivity contribution is -0.384. The number of nitro benzene ring substituents is 1.